The maximum absolute atomic E-state index is 2.63. The van der Waals surface area contributed by atoms with Gasteiger partial charge in [-0.05, 0) is 0 Å². The molecular weight excluding hydrogens is 258 g/mol. The van der Waals surface area contributed by atoms with Crippen molar-refractivity contribution in [3.8, 4) is 0 Å². The molecule has 2 aromatic rings. The summed E-state index contributed by atoms with van der Waals surface area (Å²) >= 11 is 0. The molecule has 1 unspecified atom stereocenters. The zero-order valence-corrected chi connectivity index (χ0v) is 13.5. The van der Waals surface area contributed by atoms with Crippen molar-refractivity contribution >= 4 is 14.7 Å². The average molecular weight is 282 g/mol. The van der Waals surface area contributed by atoms with Crippen molar-refractivity contribution < 1.29 is 0 Å². The molecule has 1 aliphatic rings. The van der Waals surface area contributed by atoms with Gasteiger partial charge >= 0.3 is 124 Å². The molecule has 1 heterocycles. The second-order valence-electron chi connectivity index (χ2n) is 6.36. The molecule has 3 rings (SSSR count). The van der Waals surface area contributed by atoms with Gasteiger partial charge in [-0.3, -0.25) is 0 Å². The first kappa shape index (κ1) is 13.9. The van der Waals surface area contributed by atoms with Crippen LogP contribution in [0.15, 0.2) is 60.7 Å². The first-order valence-corrected chi connectivity index (χ1v) is 10.7. The van der Waals surface area contributed by atoms with Gasteiger partial charge in [-0.25, -0.2) is 0 Å². The van der Waals surface area contributed by atoms with Crippen molar-refractivity contribution in [1.29, 1.82) is 0 Å². The fourth-order valence-corrected chi connectivity index (χ4v) is 9.23. The van der Waals surface area contributed by atoms with Gasteiger partial charge in [0, 0.05) is 0 Å². The summed E-state index contributed by atoms with van der Waals surface area (Å²) in [5, 5.41) is 0. The number of rotatable bonds is 3. The molecule has 0 bridgehead atoms. The minimum atomic E-state index is -1.30. The Labute approximate surface area is 124 Å². The van der Waals surface area contributed by atoms with E-state index in [2.05, 4.69) is 75.2 Å². The van der Waals surface area contributed by atoms with Crippen molar-refractivity contribution in [2.24, 2.45) is 0 Å². The second kappa shape index (κ2) is 5.74. The van der Waals surface area contributed by atoms with Gasteiger partial charge in [0.15, 0.2) is 0 Å². The van der Waals surface area contributed by atoms with E-state index in [9.17, 15) is 0 Å². The van der Waals surface area contributed by atoms with Crippen LogP contribution in [0.25, 0.3) is 0 Å². The third kappa shape index (κ3) is 2.33. The van der Waals surface area contributed by atoms with Gasteiger partial charge in [0.1, 0.15) is 0 Å². The zero-order chi connectivity index (χ0) is 14.0. The topological polar surface area (TPSA) is 0 Å². The van der Waals surface area contributed by atoms with E-state index in [1.807, 2.05) is 0 Å². The molecule has 0 aromatic heterocycles. The molecule has 20 heavy (non-hydrogen) atoms. The van der Waals surface area contributed by atoms with Gasteiger partial charge in [-0.1, -0.05) is 0 Å². The van der Waals surface area contributed by atoms with E-state index in [0.717, 1.165) is 11.3 Å². The molecule has 1 aliphatic heterocycles. The van der Waals surface area contributed by atoms with Crippen LogP contribution in [0, 0.1) is 0 Å². The Bertz CT molecular complexity index is 505. The van der Waals surface area contributed by atoms with Crippen molar-refractivity contribution in [2.75, 3.05) is 6.16 Å². The molecule has 0 spiro atoms. The quantitative estimate of drug-likeness (QED) is 0.571. The molecule has 0 saturated carbocycles. The van der Waals surface area contributed by atoms with Crippen LogP contribution >= 0.6 is 7.14 Å². The summed E-state index contributed by atoms with van der Waals surface area (Å²) < 4.78 is 0. The number of hydrogen-bond acceptors (Lipinski definition) is 0. The Morgan fingerprint density at radius 3 is 1.60 bits per heavy atom. The number of benzene rings is 2. The van der Waals surface area contributed by atoms with E-state index in [4.69, 9.17) is 0 Å². The van der Waals surface area contributed by atoms with E-state index in [-0.39, 0.29) is 0 Å². The van der Waals surface area contributed by atoms with Crippen LogP contribution in [0.4, 0.5) is 0 Å². The Morgan fingerprint density at radius 1 is 0.850 bits per heavy atom. The van der Waals surface area contributed by atoms with Gasteiger partial charge in [0.25, 0.3) is 0 Å². The normalized spacial score (nSPS) is 26.2. The predicted molar refractivity (Wildman–Crippen MR) is 95.0 cm³/mol. The summed E-state index contributed by atoms with van der Waals surface area (Å²) in [4.78, 5) is 0. The van der Waals surface area contributed by atoms with E-state index in [0.29, 0.717) is 0 Å². The second-order valence-corrected chi connectivity index (χ2v) is 11.5. The Kier molecular flexibility index (Phi) is 3.99. The Morgan fingerprint density at radius 2 is 1.25 bits per heavy atom. The van der Waals surface area contributed by atoms with Gasteiger partial charge < -0.3 is 0 Å². The summed E-state index contributed by atoms with van der Waals surface area (Å²) in [6, 6.07) is 22.5. The van der Waals surface area contributed by atoms with Crippen LogP contribution < -0.4 is 0 Å². The molecule has 0 N–H and O–H groups in total. The molecule has 1 saturated heterocycles. The summed E-state index contributed by atoms with van der Waals surface area (Å²) in [7, 11) is 1.33. The van der Waals surface area contributed by atoms with Gasteiger partial charge in [-0.15, -0.1) is 0 Å². The first-order chi connectivity index (χ1) is 9.75. The van der Waals surface area contributed by atoms with Crippen molar-refractivity contribution in [3.63, 3.8) is 0 Å². The molecule has 1 fully saturated rings. The van der Waals surface area contributed by atoms with Crippen LogP contribution in [0.5, 0.6) is 0 Å². The molecule has 2 aromatic carbocycles. The average Bonchev–Trinajstić information content (AvgIpc) is 2.87. The summed E-state index contributed by atoms with van der Waals surface area (Å²) in [6.45, 7) is 2.42. The summed E-state index contributed by atoms with van der Waals surface area (Å²) in [6.07, 6.45) is 4.13. The Hall–Kier alpha value is -1.07. The van der Waals surface area contributed by atoms with E-state index < -0.39 is 7.14 Å². The third-order valence-corrected chi connectivity index (χ3v) is 11.5. The fourth-order valence-electron chi connectivity index (χ4n) is 4.19. The molecular formula is C18H24BP. The molecule has 0 amide bonds. The minimum absolute atomic E-state index is 0.832. The monoisotopic (exact) mass is 282 g/mol. The number of hydrogen-bond donors (Lipinski definition) is 0. The maximum atomic E-state index is 2.63. The molecule has 104 valence electrons. The first-order valence-electron chi connectivity index (χ1n) is 7.85. The van der Waals surface area contributed by atoms with Crippen LogP contribution in [0.1, 0.15) is 42.2 Å². The van der Waals surface area contributed by atoms with Gasteiger partial charge in [0.05, 0.1) is 0 Å². The van der Waals surface area contributed by atoms with Crippen molar-refractivity contribution in [1.82, 2.24) is 0 Å². The Balaban J connectivity index is 1.97. The third-order valence-electron chi connectivity index (χ3n) is 5.50. The molecule has 0 radical (unpaired) electrons. The van der Waals surface area contributed by atoms with Gasteiger partial charge in [0.2, 0.25) is 0 Å². The predicted octanol–water partition coefficient (Wildman–Crippen LogP) is 4.58. The van der Waals surface area contributed by atoms with Crippen LogP contribution in [-0.2, 0) is 0 Å². The van der Waals surface area contributed by atoms with E-state index in [1.165, 1.54) is 19.0 Å². The van der Waals surface area contributed by atoms with Gasteiger partial charge in [-0.2, -0.15) is 0 Å². The molecule has 0 nitrogen and oxygen atoms in total. The van der Waals surface area contributed by atoms with Crippen LogP contribution in [0.2, 0.25) is 0 Å². The van der Waals surface area contributed by atoms with E-state index >= 15 is 0 Å². The SMILES string of the molecule is B[PH]1(CC)C(c2ccccc2)CC[C@@H]1c1ccccc1. The molecule has 2 atom stereocenters. The molecule has 2 heteroatoms. The fraction of sp³-hybridized carbons (Fsp3) is 0.333. The summed E-state index contributed by atoms with van der Waals surface area (Å²) in [5.41, 5.74) is 4.83. The standard InChI is InChI=1S/C18H24BP/c1-2-20(19)17(15-9-5-3-6-10-15)13-14-18(20)16-11-7-4-8-12-16/h3-12,17-18,20H,2,13-14,19H2,1H3/t17-,18?/m1/s1. The van der Waals surface area contributed by atoms with Crippen LogP contribution in [-0.4, -0.2) is 13.7 Å². The summed E-state index contributed by atoms with van der Waals surface area (Å²) in [5.74, 6) is 0. The van der Waals surface area contributed by atoms with Crippen molar-refractivity contribution in [2.45, 2.75) is 31.1 Å². The van der Waals surface area contributed by atoms with Crippen LogP contribution in [0.3, 0.4) is 0 Å². The molecule has 0 aliphatic carbocycles. The zero-order valence-electron chi connectivity index (χ0n) is 12.5. The van der Waals surface area contributed by atoms with E-state index in [1.54, 1.807) is 11.1 Å². The van der Waals surface area contributed by atoms with Crippen molar-refractivity contribution in [3.05, 3.63) is 71.8 Å².